The fourth-order valence-electron chi connectivity index (χ4n) is 3.57. The van der Waals surface area contributed by atoms with Crippen LogP contribution in [0, 0.1) is 5.82 Å². The fraction of sp³-hybridized carbons (Fsp3) is 0.208. The largest absolute Gasteiger partial charge is 0.495 e. The lowest BCUT2D eigenvalue weighted by Crippen LogP contribution is -2.36. The Morgan fingerprint density at radius 3 is 2.41 bits per heavy atom. The molecule has 34 heavy (non-hydrogen) atoms. The molecule has 0 unspecified atom stereocenters. The summed E-state index contributed by atoms with van der Waals surface area (Å²) in [5, 5.41) is 2.64. The van der Waals surface area contributed by atoms with Crippen LogP contribution in [-0.2, 0) is 14.8 Å². The van der Waals surface area contributed by atoms with Gasteiger partial charge in [0.1, 0.15) is 11.6 Å². The van der Waals surface area contributed by atoms with Gasteiger partial charge in [0, 0.05) is 24.3 Å². The van der Waals surface area contributed by atoms with E-state index in [9.17, 15) is 17.6 Å². The first-order valence-electron chi connectivity index (χ1n) is 10.6. The number of carbonyl (C=O) groups excluding carboxylic acids is 1. The van der Waals surface area contributed by atoms with E-state index >= 15 is 0 Å². The summed E-state index contributed by atoms with van der Waals surface area (Å²) in [4.78, 5) is 14.5. The van der Waals surface area contributed by atoms with E-state index in [4.69, 9.17) is 9.47 Å². The molecule has 0 bridgehead atoms. The molecule has 10 heteroatoms. The zero-order valence-electron chi connectivity index (χ0n) is 18.5. The van der Waals surface area contributed by atoms with Gasteiger partial charge in [-0.05, 0) is 54.6 Å². The van der Waals surface area contributed by atoms with Crippen molar-refractivity contribution >= 4 is 33.0 Å². The highest BCUT2D eigenvalue weighted by molar-refractivity contribution is 7.92. The van der Waals surface area contributed by atoms with Gasteiger partial charge in [0.2, 0.25) is 0 Å². The maximum atomic E-state index is 14.6. The van der Waals surface area contributed by atoms with E-state index in [1.807, 2.05) is 4.90 Å². The molecule has 2 N–H and O–H groups in total. The number of para-hydroxylation sites is 2. The maximum Gasteiger partial charge on any atom is 0.262 e. The van der Waals surface area contributed by atoms with E-state index in [-0.39, 0.29) is 10.5 Å². The SMILES string of the molecule is COc1ccccc1NS(=O)(=O)c1ccc(C(=O)Nc2ccc(N3CCOCC3)c(F)c2)cc1. The number of carbonyl (C=O) groups is 1. The quantitative estimate of drug-likeness (QED) is 0.530. The number of rotatable bonds is 7. The monoisotopic (exact) mass is 485 g/mol. The number of nitrogens with zero attached hydrogens (tertiary/aromatic N) is 1. The van der Waals surface area contributed by atoms with Crippen molar-refractivity contribution in [3.05, 3.63) is 78.1 Å². The summed E-state index contributed by atoms with van der Waals surface area (Å²) in [6.45, 7) is 2.28. The number of hydrogen-bond donors (Lipinski definition) is 2. The third kappa shape index (κ3) is 5.29. The van der Waals surface area contributed by atoms with E-state index < -0.39 is 21.7 Å². The summed E-state index contributed by atoms with van der Waals surface area (Å²) in [6.07, 6.45) is 0. The van der Waals surface area contributed by atoms with Crippen LogP contribution in [-0.4, -0.2) is 47.7 Å². The van der Waals surface area contributed by atoms with Crippen LogP contribution in [0.5, 0.6) is 5.75 Å². The summed E-state index contributed by atoms with van der Waals surface area (Å²) >= 11 is 0. The van der Waals surface area contributed by atoms with Gasteiger partial charge in [-0.25, -0.2) is 12.8 Å². The predicted octanol–water partition coefficient (Wildman–Crippen LogP) is 3.72. The molecule has 1 aliphatic rings. The zero-order valence-corrected chi connectivity index (χ0v) is 19.3. The highest BCUT2D eigenvalue weighted by Gasteiger charge is 2.18. The Labute approximate surface area is 197 Å². The number of hydrogen-bond acceptors (Lipinski definition) is 6. The Balaban J connectivity index is 1.44. The Morgan fingerprint density at radius 2 is 1.74 bits per heavy atom. The molecule has 178 valence electrons. The highest BCUT2D eigenvalue weighted by atomic mass is 32.2. The van der Waals surface area contributed by atoms with Crippen LogP contribution in [0.3, 0.4) is 0 Å². The molecule has 1 heterocycles. The number of anilines is 3. The highest BCUT2D eigenvalue weighted by Crippen LogP contribution is 2.27. The lowest BCUT2D eigenvalue weighted by atomic mass is 10.2. The van der Waals surface area contributed by atoms with Crippen LogP contribution in [0.4, 0.5) is 21.5 Å². The number of ether oxygens (including phenoxy) is 2. The first kappa shape index (κ1) is 23.5. The molecule has 0 aromatic heterocycles. The van der Waals surface area contributed by atoms with Gasteiger partial charge in [0.05, 0.1) is 36.6 Å². The van der Waals surface area contributed by atoms with Crippen LogP contribution in [0.2, 0.25) is 0 Å². The molecule has 0 radical (unpaired) electrons. The summed E-state index contributed by atoms with van der Waals surface area (Å²) in [5.74, 6) is -0.544. The zero-order chi connectivity index (χ0) is 24.1. The normalized spacial score (nSPS) is 13.9. The van der Waals surface area contributed by atoms with Crippen molar-refractivity contribution in [1.29, 1.82) is 0 Å². The lowest BCUT2D eigenvalue weighted by molar-refractivity contribution is 0.102. The average molecular weight is 486 g/mol. The molecular formula is C24H24FN3O5S. The number of methoxy groups -OCH3 is 1. The second-order valence-corrected chi connectivity index (χ2v) is 9.23. The Morgan fingerprint density at radius 1 is 1.03 bits per heavy atom. The molecule has 0 saturated carbocycles. The standard InChI is InChI=1S/C24H24FN3O5S/c1-32-23-5-3-2-4-21(23)27-34(30,31)19-9-6-17(7-10-19)24(29)26-18-8-11-22(20(25)16-18)28-12-14-33-15-13-28/h2-11,16,27H,12-15H2,1H3,(H,26,29). The number of sulfonamides is 1. The second kappa shape index (κ2) is 10.1. The molecule has 1 amide bonds. The smallest absolute Gasteiger partial charge is 0.262 e. The summed E-state index contributed by atoms with van der Waals surface area (Å²) in [6, 6.07) is 16.6. The van der Waals surface area contributed by atoms with E-state index in [1.165, 1.54) is 37.4 Å². The lowest BCUT2D eigenvalue weighted by Gasteiger charge is -2.29. The van der Waals surface area contributed by atoms with Gasteiger partial charge in [-0.3, -0.25) is 9.52 Å². The summed E-state index contributed by atoms with van der Waals surface area (Å²) in [7, 11) is -2.45. The van der Waals surface area contributed by atoms with Crippen molar-refractivity contribution in [2.75, 3.05) is 48.4 Å². The Kier molecular flexibility index (Phi) is 6.99. The molecule has 1 fully saturated rings. The first-order valence-corrected chi connectivity index (χ1v) is 12.1. The minimum absolute atomic E-state index is 0.0177. The molecule has 0 atom stereocenters. The van der Waals surface area contributed by atoms with E-state index in [0.29, 0.717) is 49.1 Å². The average Bonchev–Trinajstić information content (AvgIpc) is 2.85. The van der Waals surface area contributed by atoms with Crippen molar-refractivity contribution in [1.82, 2.24) is 0 Å². The molecular weight excluding hydrogens is 461 g/mol. The topological polar surface area (TPSA) is 97.0 Å². The van der Waals surface area contributed by atoms with Crippen molar-refractivity contribution in [3.8, 4) is 5.75 Å². The number of benzene rings is 3. The van der Waals surface area contributed by atoms with Crippen LogP contribution >= 0.6 is 0 Å². The van der Waals surface area contributed by atoms with Crippen molar-refractivity contribution in [2.24, 2.45) is 0 Å². The predicted molar refractivity (Wildman–Crippen MR) is 128 cm³/mol. The molecule has 4 rings (SSSR count). The minimum atomic E-state index is -3.89. The van der Waals surface area contributed by atoms with Gasteiger partial charge in [0.15, 0.2) is 0 Å². The second-order valence-electron chi connectivity index (χ2n) is 7.55. The molecule has 3 aromatic rings. The first-order chi connectivity index (χ1) is 16.4. The summed E-state index contributed by atoms with van der Waals surface area (Å²) in [5.41, 5.74) is 1.29. The van der Waals surface area contributed by atoms with Crippen molar-refractivity contribution in [2.45, 2.75) is 4.90 Å². The number of morpholine rings is 1. The van der Waals surface area contributed by atoms with E-state index in [1.54, 1.807) is 36.4 Å². The van der Waals surface area contributed by atoms with E-state index in [2.05, 4.69) is 10.0 Å². The number of amides is 1. The third-order valence-electron chi connectivity index (χ3n) is 5.34. The number of halogens is 1. The van der Waals surface area contributed by atoms with E-state index in [0.717, 1.165) is 0 Å². The molecule has 0 aliphatic carbocycles. The van der Waals surface area contributed by atoms with Crippen molar-refractivity contribution < 1.29 is 27.1 Å². The molecule has 1 saturated heterocycles. The third-order valence-corrected chi connectivity index (χ3v) is 6.72. The van der Waals surface area contributed by atoms with Gasteiger partial charge in [-0.1, -0.05) is 12.1 Å². The van der Waals surface area contributed by atoms with Gasteiger partial charge in [-0.2, -0.15) is 0 Å². The Hall–Kier alpha value is -3.63. The summed E-state index contributed by atoms with van der Waals surface area (Å²) < 4.78 is 53.0. The fourth-order valence-corrected chi connectivity index (χ4v) is 4.64. The van der Waals surface area contributed by atoms with Crippen LogP contribution in [0.25, 0.3) is 0 Å². The molecule has 3 aromatic carbocycles. The van der Waals surface area contributed by atoms with Crippen LogP contribution in [0.15, 0.2) is 71.6 Å². The van der Waals surface area contributed by atoms with Gasteiger partial charge >= 0.3 is 0 Å². The van der Waals surface area contributed by atoms with Gasteiger partial charge in [-0.15, -0.1) is 0 Å². The Bertz CT molecular complexity index is 1280. The molecule has 1 aliphatic heterocycles. The maximum absolute atomic E-state index is 14.6. The van der Waals surface area contributed by atoms with Crippen LogP contribution < -0.4 is 19.7 Å². The molecule has 0 spiro atoms. The van der Waals surface area contributed by atoms with Gasteiger partial charge < -0.3 is 19.7 Å². The number of nitrogens with one attached hydrogen (secondary N) is 2. The van der Waals surface area contributed by atoms with Gasteiger partial charge in [0.25, 0.3) is 15.9 Å². The van der Waals surface area contributed by atoms with Crippen LogP contribution in [0.1, 0.15) is 10.4 Å². The van der Waals surface area contributed by atoms with Crippen molar-refractivity contribution in [3.63, 3.8) is 0 Å². The molecule has 8 nitrogen and oxygen atoms in total. The minimum Gasteiger partial charge on any atom is -0.495 e.